The van der Waals surface area contributed by atoms with Gasteiger partial charge in [-0.05, 0) is 50.3 Å². The maximum Gasteiger partial charge on any atom is 0.231 e. The second kappa shape index (κ2) is 7.69. The molecule has 1 saturated heterocycles. The molecule has 0 saturated carbocycles. The Bertz CT molecular complexity index is 1030. The maximum atomic E-state index is 6.06. The van der Waals surface area contributed by atoms with Gasteiger partial charge in [0.2, 0.25) is 5.88 Å². The van der Waals surface area contributed by atoms with E-state index in [2.05, 4.69) is 46.0 Å². The number of hydrogen-bond donors (Lipinski definition) is 1. The molecule has 0 amide bonds. The molecule has 1 aliphatic heterocycles. The first kappa shape index (κ1) is 19.5. The zero-order chi connectivity index (χ0) is 20.7. The SMILES string of the molecule is CC(C)(C)c1cn2nc(OCC3CCN(Cc4n[nH]c5c4CCCC5)C3)ccc2n1. The van der Waals surface area contributed by atoms with Gasteiger partial charge in [-0.1, -0.05) is 20.8 Å². The first-order valence-electron chi connectivity index (χ1n) is 11.2. The second-order valence-electron chi connectivity index (χ2n) is 9.89. The summed E-state index contributed by atoms with van der Waals surface area (Å²) in [7, 11) is 0. The van der Waals surface area contributed by atoms with Crippen molar-refractivity contribution in [2.45, 2.75) is 64.8 Å². The van der Waals surface area contributed by atoms with Crippen molar-refractivity contribution in [3.8, 4) is 5.88 Å². The zero-order valence-corrected chi connectivity index (χ0v) is 18.3. The standard InChI is InChI=1S/C23H32N6O/c1-23(2,3)20-14-29-21(24-20)8-9-22(27-29)30-15-16-10-11-28(12-16)13-19-17-6-4-5-7-18(17)25-26-19/h8-9,14,16H,4-7,10-13,15H2,1-3H3,(H,25,26). The van der Waals surface area contributed by atoms with Gasteiger partial charge in [-0.15, -0.1) is 5.10 Å². The number of aromatic amines is 1. The minimum absolute atomic E-state index is 0.00952. The summed E-state index contributed by atoms with van der Waals surface area (Å²) < 4.78 is 7.89. The van der Waals surface area contributed by atoms with Crippen molar-refractivity contribution in [3.05, 3.63) is 41.0 Å². The minimum atomic E-state index is 0.00952. The number of rotatable bonds is 5. The minimum Gasteiger partial charge on any atom is -0.476 e. The molecule has 2 aliphatic rings. The molecule has 30 heavy (non-hydrogen) atoms. The van der Waals surface area contributed by atoms with E-state index in [9.17, 15) is 0 Å². The second-order valence-corrected chi connectivity index (χ2v) is 9.89. The van der Waals surface area contributed by atoms with Crippen molar-refractivity contribution in [2.75, 3.05) is 19.7 Å². The Morgan fingerprint density at radius 2 is 2.07 bits per heavy atom. The number of aryl methyl sites for hydroxylation is 1. The lowest BCUT2D eigenvalue weighted by molar-refractivity contribution is 0.229. The molecular weight excluding hydrogens is 376 g/mol. The van der Waals surface area contributed by atoms with Gasteiger partial charge < -0.3 is 4.74 Å². The smallest absolute Gasteiger partial charge is 0.231 e. The number of aromatic nitrogens is 5. The molecule has 7 nitrogen and oxygen atoms in total. The van der Waals surface area contributed by atoms with Crippen molar-refractivity contribution in [2.24, 2.45) is 5.92 Å². The predicted octanol–water partition coefficient (Wildman–Crippen LogP) is 3.53. The van der Waals surface area contributed by atoms with Crippen LogP contribution < -0.4 is 4.74 Å². The fourth-order valence-corrected chi connectivity index (χ4v) is 4.59. The highest BCUT2D eigenvalue weighted by Gasteiger charge is 2.26. The van der Waals surface area contributed by atoms with E-state index in [-0.39, 0.29) is 5.41 Å². The van der Waals surface area contributed by atoms with E-state index in [4.69, 9.17) is 4.74 Å². The number of fused-ring (bicyclic) bond motifs is 2. The normalized spacial score (nSPS) is 20.0. The van der Waals surface area contributed by atoms with Crippen LogP contribution in [0.15, 0.2) is 18.3 Å². The predicted molar refractivity (Wildman–Crippen MR) is 116 cm³/mol. The molecule has 1 fully saturated rings. The molecule has 3 aromatic rings. The first-order valence-corrected chi connectivity index (χ1v) is 11.2. The van der Waals surface area contributed by atoms with Crippen LogP contribution in [0.5, 0.6) is 5.88 Å². The van der Waals surface area contributed by atoms with Crippen LogP contribution in [0.25, 0.3) is 5.65 Å². The monoisotopic (exact) mass is 408 g/mol. The van der Waals surface area contributed by atoms with Crippen LogP contribution in [0, 0.1) is 5.92 Å². The molecule has 3 aromatic heterocycles. The van der Waals surface area contributed by atoms with Gasteiger partial charge in [-0.2, -0.15) is 5.10 Å². The van der Waals surface area contributed by atoms with E-state index in [0.29, 0.717) is 18.4 Å². The van der Waals surface area contributed by atoms with Crippen LogP contribution in [0.3, 0.4) is 0 Å². The summed E-state index contributed by atoms with van der Waals surface area (Å²) in [4.78, 5) is 7.18. The van der Waals surface area contributed by atoms with Crippen LogP contribution in [0.1, 0.15) is 62.7 Å². The average molecular weight is 409 g/mol. The molecule has 0 bridgehead atoms. The Balaban J connectivity index is 1.17. The topological polar surface area (TPSA) is 71.3 Å². The lowest BCUT2D eigenvalue weighted by Gasteiger charge is -2.17. The van der Waals surface area contributed by atoms with Gasteiger partial charge in [0.15, 0.2) is 5.65 Å². The number of H-pyrrole nitrogens is 1. The Morgan fingerprint density at radius 1 is 1.20 bits per heavy atom. The number of ether oxygens (including phenoxy) is 1. The van der Waals surface area contributed by atoms with Crippen LogP contribution >= 0.6 is 0 Å². The summed E-state index contributed by atoms with van der Waals surface area (Å²) in [5.74, 6) is 1.20. The molecule has 1 unspecified atom stereocenters. The van der Waals surface area contributed by atoms with E-state index in [1.165, 1.54) is 36.2 Å². The summed E-state index contributed by atoms with van der Waals surface area (Å²) in [6.45, 7) is 10.3. The highest BCUT2D eigenvalue weighted by atomic mass is 16.5. The maximum absolute atomic E-state index is 6.06. The molecule has 1 aliphatic carbocycles. The van der Waals surface area contributed by atoms with E-state index in [1.807, 2.05) is 22.8 Å². The number of hydrogen-bond acceptors (Lipinski definition) is 5. The zero-order valence-electron chi connectivity index (χ0n) is 18.3. The van der Waals surface area contributed by atoms with E-state index < -0.39 is 0 Å². The van der Waals surface area contributed by atoms with Crippen LogP contribution in [0.2, 0.25) is 0 Å². The molecule has 5 rings (SSSR count). The van der Waals surface area contributed by atoms with Gasteiger partial charge >= 0.3 is 0 Å². The summed E-state index contributed by atoms with van der Waals surface area (Å²) in [5.41, 5.74) is 6.02. The van der Waals surface area contributed by atoms with Crippen LogP contribution in [-0.2, 0) is 24.8 Å². The van der Waals surface area contributed by atoms with Gasteiger partial charge in [-0.3, -0.25) is 10.00 Å². The quantitative estimate of drug-likeness (QED) is 0.699. The Hall–Kier alpha value is -2.41. The first-order chi connectivity index (χ1) is 14.5. The van der Waals surface area contributed by atoms with Gasteiger partial charge in [0.1, 0.15) is 0 Å². The average Bonchev–Trinajstić information content (AvgIpc) is 3.44. The van der Waals surface area contributed by atoms with Gasteiger partial charge in [-0.25, -0.2) is 9.50 Å². The number of nitrogens with zero attached hydrogens (tertiary/aromatic N) is 5. The number of imidazole rings is 1. The van der Waals surface area contributed by atoms with Crippen LogP contribution in [0.4, 0.5) is 0 Å². The molecule has 0 aromatic carbocycles. The summed E-state index contributed by atoms with van der Waals surface area (Å²) in [6.07, 6.45) is 8.08. The van der Waals surface area contributed by atoms with Gasteiger partial charge in [0.25, 0.3) is 0 Å². The van der Waals surface area contributed by atoms with E-state index >= 15 is 0 Å². The Morgan fingerprint density at radius 3 is 2.93 bits per heavy atom. The molecule has 4 heterocycles. The lowest BCUT2D eigenvalue weighted by atomic mass is 9.93. The third-order valence-electron chi connectivity index (χ3n) is 6.42. The Labute approximate surface area is 177 Å². The van der Waals surface area contributed by atoms with Crippen molar-refractivity contribution in [1.82, 2.24) is 29.7 Å². The summed E-state index contributed by atoms with van der Waals surface area (Å²) >= 11 is 0. The van der Waals surface area contributed by atoms with Crippen molar-refractivity contribution >= 4 is 5.65 Å². The third kappa shape index (κ3) is 3.95. The molecule has 7 heteroatoms. The molecule has 0 spiro atoms. The molecule has 1 atom stereocenters. The summed E-state index contributed by atoms with van der Waals surface area (Å²) in [6, 6.07) is 3.91. The summed E-state index contributed by atoms with van der Waals surface area (Å²) in [5, 5.41) is 12.5. The number of nitrogens with one attached hydrogen (secondary N) is 1. The van der Waals surface area contributed by atoms with E-state index in [1.54, 1.807) is 0 Å². The largest absolute Gasteiger partial charge is 0.476 e. The van der Waals surface area contributed by atoms with Gasteiger partial charge in [0.05, 0.1) is 24.2 Å². The highest BCUT2D eigenvalue weighted by molar-refractivity contribution is 5.40. The van der Waals surface area contributed by atoms with Crippen LogP contribution in [-0.4, -0.2) is 49.4 Å². The van der Waals surface area contributed by atoms with E-state index in [0.717, 1.165) is 43.8 Å². The van der Waals surface area contributed by atoms with Crippen molar-refractivity contribution < 1.29 is 4.74 Å². The lowest BCUT2D eigenvalue weighted by Crippen LogP contribution is -2.23. The molecule has 160 valence electrons. The number of likely N-dealkylation sites (tertiary alicyclic amines) is 1. The third-order valence-corrected chi connectivity index (χ3v) is 6.42. The highest BCUT2D eigenvalue weighted by Crippen LogP contribution is 2.26. The van der Waals surface area contributed by atoms with Crippen molar-refractivity contribution in [3.63, 3.8) is 0 Å². The Kier molecular flexibility index (Phi) is 5.01. The fraction of sp³-hybridized carbons (Fsp3) is 0.609. The van der Waals surface area contributed by atoms with Gasteiger partial charge in [0, 0.05) is 36.2 Å². The van der Waals surface area contributed by atoms with Crippen molar-refractivity contribution in [1.29, 1.82) is 0 Å². The molecule has 1 N–H and O–H groups in total. The fourth-order valence-electron chi connectivity index (χ4n) is 4.59. The molecular formula is C23H32N6O. The molecule has 0 radical (unpaired) electrons.